The average Bonchev–Trinajstić information content (AvgIpc) is 2.48. The average molecular weight is 334 g/mol. The quantitative estimate of drug-likeness (QED) is 0.907. The Bertz CT molecular complexity index is 551. The van der Waals surface area contributed by atoms with Gasteiger partial charge in [0.1, 0.15) is 5.75 Å². The molecule has 0 radical (unpaired) electrons. The predicted molar refractivity (Wildman–Crippen MR) is 75.9 cm³/mol. The Labute approximate surface area is 131 Å². The number of amides is 1. The maximum Gasteiger partial charge on any atom is 0.334 e. The third kappa shape index (κ3) is 4.23. The molecule has 0 saturated carbocycles. The van der Waals surface area contributed by atoms with Gasteiger partial charge in [-0.25, -0.2) is 4.79 Å². The number of aliphatic carboxylic acids is 1. The van der Waals surface area contributed by atoms with Crippen molar-refractivity contribution < 1.29 is 24.2 Å². The van der Waals surface area contributed by atoms with Gasteiger partial charge in [-0.05, 0) is 12.1 Å². The monoisotopic (exact) mass is 333 g/mol. The molecule has 1 N–H and O–H groups in total. The summed E-state index contributed by atoms with van der Waals surface area (Å²) in [6.07, 6.45) is -0.993. The number of carbonyl (C=O) groups excluding carboxylic acids is 1. The molecule has 0 bridgehead atoms. The minimum absolute atomic E-state index is 0.0128. The number of halogens is 2. The van der Waals surface area contributed by atoms with Crippen LogP contribution in [0.3, 0.4) is 0 Å². The smallest absolute Gasteiger partial charge is 0.334 e. The first-order chi connectivity index (χ1) is 9.97. The van der Waals surface area contributed by atoms with Crippen molar-refractivity contribution in [2.24, 2.45) is 0 Å². The van der Waals surface area contributed by atoms with E-state index < -0.39 is 12.1 Å². The summed E-state index contributed by atoms with van der Waals surface area (Å²) in [4.78, 5) is 24.2. The van der Waals surface area contributed by atoms with Gasteiger partial charge in [0.2, 0.25) is 0 Å². The van der Waals surface area contributed by atoms with Crippen LogP contribution in [0.1, 0.15) is 0 Å². The van der Waals surface area contributed by atoms with Gasteiger partial charge in [-0.2, -0.15) is 0 Å². The Kier molecular flexibility index (Phi) is 5.27. The van der Waals surface area contributed by atoms with Gasteiger partial charge in [0, 0.05) is 12.6 Å². The molecule has 0 aliphatic carbocycles. The minimum Gasteiger partial charge on any atom is -0.484 e. The van der Waals surface area contributed by atoms with Crippen molar-refractivity contribution in [1.29, 1.82) is 0 Å². The summed E-state index contributed by atoms with van der Waals surface area (Å²) in [5.74, 6) is -0.977. The Morgan fingerprint density at radius 1 is 1.38 bits per heavy atom. The van der Waals surface area contributed by atoms with Crippen LogP contribution in [-0.2, 0) is 14.3 Å². The number of hydrogen-bond acceptors (Lipinski definition) is 4. The standard InChI is InChI=1S/C13H13Cl2NO5/c14-9-2-1-8(5-10(9)15)21-7-12(17)16-3-4-20-11(6-16)13(18)19/h1-2,5,11H,3-4,6-7H2,(H,18,19)/t11-/m1/s1. The third-order valence-corrected chi connectivity index (χ3v) is 3.69. The van der Waals surface area contributed by atoms with Gasteiger partial charge < -0.3 is 19.5 Å². The van der Waals surface area contributed by atoms with Crippen molar-refractivity contribution in [2.45, 2.75) is 6.10 Å². The zero-order valence-corrected chi connectivity index (χ0v) is 12.4. The van der Waals surface area contributed by atoms with E-state index in [1.807, 2.05) is 0 Å². The second-order valence-corrected chi connectivity index (χ2v) is 5.22. The number of ether oxygens (including phenoxy) is 2. The largest absolute Gasteiger partial charge is 0.484 e. The van der Waals surface area contributed by atoms with Crippen LogP contribution in [0.2, 0.25) is 10.0 Å². The molecule has 0 unspecified atom stereocenters. The van der Waals surface area contributed by atoms with Crippen molar-refractivity contribution >= 4 is 35.1 Å². The number of carboxylic acids is 1. The molecule has 8 heteroatoms. The second-order valence-electron chi connectivity index (χ2n) is 4.40. The minimum atomic E-state index is -1.09. The number of nitrogens with zero attached hydrogens (tertiary/aromatic N) is 1. The molecule has 21 heavy (non-hydrogen) atoms. The van der Waals surface area contributed by atoms with Crippen LogP contribution in [-0.4, -0.2) is 54.3 Å². The van der Waals surface area contributed by atoms with E-state index in [9.17, 15) is 9.59 Å². The van der Waals surface area contributed by atoms with Crippen LogP contribution < -0.4 is 4.74 Å². The van der Waals surface area contributed by atoms with E-state index in [1.54, 1.807) is 12.1 Å². The van der Waals surface area contributed by atoms with Gasteiger partial charge in [-0.3, -0.25) is 4.79 Å². The number of benzene rings is 1. The second kappa shape index (κ2) is 6.98. The molecule has 0 aromatic heterocycles. The first-order valence-electron chi connectivity index (χ1n) is 6.17. The van der Waals surface area contributed by atoms with Gasteiger partial charge in [-0.1, -0.05) is 23.2 Å². The summed E-state index contributed by atoms with van der Waals surface area (Å²) in [6, 6.07) is 4.68. The number of carboxylic acid groups (broad SMARTS) is 1. The Hall–Kier alpha value is -1.50. The van der Waals surface area contributed by atoms with Gasteiger partial charge >= 0.3 is 5.97 Å². The summed E-state index contributed by atoms with van der Waals surface area (Å²) in [5, 5.41) is 9.61. The van der Waals surface area contributed by atoms with Crippen LogP contribution >= 0.6 is 23.2 Å². The molecule has 1 aromatic rings. The molecule has 1 saturated heterocycles. The fourth-order valence-electron chi connectivity index (χ4n) is 1.83. The molecule has 1 aromatic carbocycles. The number of morpholine rings is 1. The predicted octanol–water partition coefficient (Wildman–Crippen LogP) is 1.68. The van der Waals surface area contributed by atoms with Crippen LogP contribution in [0.25, 0.3) is 0 Å². The van der Waals surface area contributed by atoms with Gasteiger partial charge in [0.05, 0.1) is 23.2 Å². The topological polar surface area (TPSA) is 76.1 Å². The zero-order chi connectivity index (χ0) is 15.4. The maximum absolute atomic E-state index is 12.0. The molecule has 1 atom stereocenters. The number of carbonyl (C=O) groups is 2. The molecule has 114 valence electrons. The molecule has 1 aliphatic rings. The van der Waals surface area contributed by atoms with Gasteiger partial charge in [0.15, 0.2) is 12.7 Å². The summed E-state index contributed by atoms with van der Waals surface area (Å²) in [5.41, 5.74) is 0. The summed E-state index contributed by atoms with van der Waals surface area (Å²) < 4.78 is 10.4. The third-order valence-electron chi connectivity index (χ3n) is 2.95. The number of rotatable bonds is 4. The Balaban J connectivity index is 1.89. The Morgan fingerprint density at radius 2 is 2.14 bits per heavy atom. The van der Waals surface area contributed by atoms with Crippen molar-refractivity contribution in [3.8, 4) is 5.75 Å². The molecular formula is C13H13Cl2NO5. The first kappa shape index (κ1) is 15.9. The van der Waals surface area contributed by atoms with Crippen LogP contribution in [0.4, 0.5) is 0 Å². The fraction of sp³-hybridized carbons (Fsp3) is 0.385. The van der Waals surface area contributed by atoms with Crippen molar-refractivity contribution in [3.05, 3.63) is 28.2 Å². The highest BCUT2D eigenvalue weighted by molar-refractivity contribution is 6.42. The van der Waals surface area contributed by atoms with E-state index in [2.05, 4.69) is 0 Å². The first-order valence-corrected chi connectivity index (χ1v) is 6.93. The van der Waals surface area contributed by atoms with Crippen molar-refractivity contribution in [2.75, 3.05) is 26.3 Å². The zero-order valence-electron chi connectivity index (χ0n) is 10.9. The van der Waals surface area contributed by atoms with E-state index in [4.69, 9.17) is 37.8 Å². The summed E-state index contributed by atoms with van der Waals surface area (Å²) >= 11 is 11.6. The molecule has 1 amide bonds. The molecule has 1 fully saturated rings. The Morgan fingerprint density at radius 3 is 2.81 bits per heavy atom. The van der Waals surface area contributed by atoms with Gasteiger partial charge in [0.25, 0.3) is 5.91 Å². The van der Waals surface area contributed by atoms with E-state index in [-0.39, 0.29) is 25.7 Å². The van der Waals surface area contributed by atoms with Crippen molar-refractivity contribution in [3.63, 3.8) is 0 Å². The fourth-order valence-corrected chi connectivity index (χ4v) is 2.12. The van der Waals surface area contributed by atoms with Crippen LogP contribution in [0.5, 0.6) is 5.75 Å². The highest BCUT2D eigenvalue weighted by Gasteiger charge is 2.29. The molecule has 1 heterocycles. The normalized spacial score (nSPS) is 18.4. The van der Waals surface area contributed by atoms with Crippen LogP contribution in [0, 0.1) is 0 Å². The highest BCUT2D eigenvalue weighted by Crippen LogP contribution is 2.26. The van der Waals surface area contributed by atoms with E-state index in [1.165, 1.54) is 11.0 Å². The van der Waals surface area contributed by atoms with Crippen molar-refractivity contribution in [1.82, 2.24) is 4.90 Å². The van der Waals surface area contributed by atoms with E-state index >= 15 is 0 Å². The van der Waals surface area contributed by atoms with Gasteiger partial charge in [-0.15, -0.1) is 0 Å². The lowest BCUT2D eigenvalue weighted by molar-refractivity contribution is -0.159. The molecule has 1 aliphatic heterocycles. The molecule has 6 nitrogen and oxygen atoms in total. The maximum atomic E-state index is 12.0. The summed E-state index contributed by atoms with van der Waals surface area (Å²) in [7, 11) is 0. The van der Waals surface area contributed by atoms with E-state index in [0.717, 1.165) is 0 Å². The highest BCUT2D eigenvalue weighted by atomic mass is 35.5. The SMILES string of the molecule is O=C(O)[C@H]1CN(C(=O)COc2ccc(Cl)c(Cl)c2)CCO1. The van der Waals surface area contributed by atoms with Crippen LogP contribution in [0.15, 0.2) is 18.2 Å². The lowest BCUT2D eigenvalue weighted by Gasteiger charge is -2.30. The summed E-state index contributed by atoms with van der Waals surface area (Å²) in [6.45, 7) is 0.339. The molecular weight excluding hydrogens is 321 g/mol. The van der Waals surface area contributed by atoms with E-state index in [0.29, 0.717) is 22.3 Å². The molecule has 2 rings (SSSR count). The lowest BCUT2D eigenvalue weighted by Crippen LogP contribution is -2.49. The number of hydrogen-bond donors (Lipinski definition) is 1. The molecule has 0 spiro atoms. The lowest BCUT2D eigenvalue weighted by atomic mass is 10.2.